The van der Waals surface area contributed by atoms with Crippen molar-refractivity contribution in [2.75, 3.05) is 0 Å². The molecule has 0 fully saturated rings. The molecule has 1 atom stereocenters. The fourth-order valence-electron chi connectivity index (χ4n) is 3.36. The third-order valence-electron chi connectivity index (χ3n) is 4.77. The van der Waals surface area contributed by atoms with E-state index in [1.807, 2.05) is 25.1 Å². The van der Waals surface area contributed by atoms with E-state index in [1.165, 1.54) is 18.5 Å². The zero-order chi connectivity index (χ0) is 19.3. The maximum atomic E-state index is 14.0. The molecule has 4 aromatic heterocycles. The monoisotopic (exact) mass is 374 g/mol. The average Bonchev–Trinajstić information content (AvgIpc) is 3.33. The van der Waals surface area contributed by atoms with E-state index < -0.39 is 0 Å². The molecule has 0 spiro atoms. The van der Waals surface area contributed by atoms with Gasteiger partial charge in [-0.1, -0.05) is 6.07 Å². The SMILES string of the molecule is CC(c1nn(-c2ccccn2)c2cc(F)ccc12)n1cnc2nc[nH]c2c1=N. The summed E-state index contributed by atoms with van der Waals surface area (Å²) in [5.74, 6) is 0.243. The molecule has 0 aliphatic carbocycles. The highest BCUT2D eigenvalue weighted by molar-refractivity contribution is 5.84. The Bertz CT molecular complexity index is 1370. The molecule has 1 aromatic carbocycles. The van der Waals surface area contributed by atoms with Crippen molar-refractivity contribution in [2.24, 2.45) is 0 Å². The molecule has 1 unspecified atom stereocenters. The largest absolute Gasteiger partial charge is 0.340 e. The molecular formula is C19H15FN8. The number of aromatic nitrogens is 7. The molecule has 5 aromatic rings. The quantitative estimate of drug-likeness (QED) is 0.507. The van der Waals surface area contributed by atoms with Crippen molar-refractivity contribution >= 4 is 22.1 Å². The molecule has 5 rings (SSSR count). The third kappa shape index (κ3) is 2.40. The van der Waals surface area contributed by atoms with Crippen LogP contribution in [0.5, 0.6) is 0 Å². The highest BCUT2D eigenvalue weighted by Crippen LogP contribution is 2.28. The van der Waals surface area contributed by atoms with Crippen molar-refractivity contribution in [3.63, 3.8) is 0 Å². The van der Waals surface area contributed by atoms with Gasteiger partial charge in [0.15, 0.2) is 17.0 Å². The summed E-state index contributed by atoms with van der Waals surface area (Å²) >= 11 is 0. The number of aromatic amines is 1. The Morgan fingerprint density at radius 1 is 1.14 bits per heavy atom. The summed E-state index contributed by atoms with van der Waals surface area (Å²) in [5.41, 5.74) is 2.59. The zero-order valence-corrected chi connectivity index (χ0v) is 14.8. The van der Waals surface area contributed by atoms with Crippen molar-refractivity contribution in [3.8, 4) is 5.82 Å². The minimum absolute atomic E-state index is 0.248. The Kier molecular flexibility index (Phi) is 3.54. The van der Waals surface area contributed by atoms with Gasteiger partial charge in [0.1, 0.15) is 11.3 Å². The van der Waals surface area contributed by atoms with Crippen LogP contribution in [-0.2, 0) is 0 Å². The summed E-state index contributed by atoms with van der Waals surface area (Å²) in [7, 11) is 0. The predicted molar refractivity (Wildman–Crippen MR) is 100 cm³/mol. The summed E-state index contributed by atoms with van der Waals surface area (Å²) in [6, 6.07) is 9.72. The van der Waals surface area contributed by atoms with E-state index in [-0.39, 0.29) is 17.3 Å². The van der Waals surface area contributed by atoms with Gasteiger partial charge >= 0.3 is 0 Å². The van der Waals surface area contributed by atoms with Gasteiger partial charge in [-0.05, 0) is 31.2 Å². The molecule has 0 aliphatic rings. The molecule has 8 nitrogen and oxygen atoms in total. The van der Waals surface area contributed by atoms with E-state index in [0.717, 1.165) is 5.39 Å². The van der Waals surface area contributed by atoms with Crippen LogP contribution in [0.3, 0.4) is 0 Å². The molecule has 2 N–H and O–H groups in total. The number of H-pyrrole nitrogens is 1. The first-order valence-electron chi connectivity index (χ1n) is 8.68. The van der Waals surface area contributed by atoms with Crippen LogP contribution in [0.15, 0.2) is 55.2 Å². The summed E-state index contributed by atoms with van der Waals surface area (Å²) in [6.45, 7) is 1.93. The fourth-order valence-corrected chi connectivity index (χ4v) is 3.36. The lowest BCUT2D eigenvalue weighted by Gasteiger charge is -2.14. The van der Waals surface area contributed by atoms with Crippen LogP contribution in [0.1, 0.15) is 18.7 Å². The van der Waals surface area contributed by atoms with Crippen LogP contribution in [0.25, 0.3) is 27.9 Å². The summed E-state index contributed by atoms with van der Waals surface area (Å²) < 4.78 is 17.3. The standard InChI is InChI=1S/C19H15FN8/c1-11(27-10-25-19-17(18(27)21)23-9-24-19)16-13-6-5-12(20)8-14(13)28(26-16)15-4-2-3-7-22-15/h2-11,21H,1H3,(H,23,24). The molecule has 9 heteroatoms. The Balaban J connectivity index is 1.74. The maximum absolute atomic E-state index is 14.0. The lowest BCUT2D eigenvalue weighted by atomic mass is 10.1. The molecule has 0 amide bonds. The lowest BCUT2D eigenvalue weighted by Crippen LogP contribution is -2.25. The number of benzene rings is 1. The van der Waals surface area contributed by atoms with Crippen LogP contribution in [-0.4, -0.2) is 34.3 Å². The van der Waals surface area contributed by atoms with Gasteiger partial charge in [0.2, 0.25) is 0 Å². The maximum Gasteiger partial charge on any atom is 0.182 e. The molecule has 0 saturated heterocycles. The van der Waals surface area contributed by atoms with E-state index in [0.29, 0.717) is 28.2 Å². The molecule has 4 heterocycles. The van der Waals surface area contributed by atoms with Gasteiger partial charge in [0.05, 0.1) is 29.9 Å². The van der Waals surface area contributed by atoms with Crippen molar-refractivity contribution in [3.05, 3.63) is 72.2 Å². The normalized spacial score (nSPS) is 12.6. The second-order valence-corrected chi connectivity index (χ2v) is 6.42. The predicted octanol–water partition coefficient (Wildman–Crippen LogP) is 2.72. The number of hydrogen-bond donors (Lipinski definition) is 2. The second-order valence-electron chi connectivity index (χ2n) is 6.42. The van der Waals surface area contributed by atoms with E-state index in [1.54, 1.807) is 27.8 Å². The first kappa shape index (κ1) is 16.3. The van der Waals surface area contributed by atoms with Gasteiger partial charge < -0.3 is 9.55 Å². The number of nitrogens with one attached hydrogen (secondary N) is 2. The zero-order valence-electron chi connectivity index (χ0n) is 14.8. The molecule has 0 bridgehead atoms. The number of pyridine rings is 1. The Hall–Kier alpha value is -3.88. The number of hydrogen-bond acceptors (Lipinski definition) is 5. The molecule has 0 aliphatic heterocycles. The molecular weight excluding hydrogens is 359 g/mol. The van der Waals surface area contributed by atoms with Gasteiger partial charge in [-0.25, -0.2) is 24.0 Å². The fraction of sp³-hybridized carbons (Fsp3) is 0.105. The molecule has 28 heavy (non-hydrogen) atoms. The van der Waals surface area contributed by atoms with Gasteiger partial charge in [-0.2, -0.15) is 5.10 Å². The summed E-state index contributed by atoms with van der Waals surface area (Å²) in [5, 5.41) is 14.0. The minimum atomic E-state index is -0.349. The smallest absolute Gasteiger partial charge is 0.182 e. The molecule has 138 valence electrons. The van der Waals surface area contributed by atoms with Crippen LogP contribution in [0, 0.1) is 11.2 Å². The van der Waals surface area contributed by atoms with Gasteiger partial charge in [0, 0.05) is 17.6 Å². The van der Waals surface area contributed by atoms with Crippen molar-refractivity contribution in [2.45, 2.75) is 13.0 Å². The molecule has 0 saturated carbocycles. The van der Waals surface area contributed by atoms with E-state index in [9.17, 15) is 4.39 Å². The highest BCUT2D eigenvalue weighted by Gasteiger charge is 2.20. The van der Waals surface area contributed by atoms with Crippen molar-refractivity contribution in [1.29, 1.82) is 5.41 Å². The van der Waals surface area contributed by atoms with E-state index in [2.05, 4.69) is 19.9 Å². The third-order valence-corrected chi connectivity index (χ3v) is 4.77. The number of halogens is 1. The second kappa shape index (κ2) is 6.08. The Morgan fingerprint density at radius 3 is 2.86 bits per heavy atom. The van der Waals surface area contributed by atoms with Crippen LogP contribution >= 0.6 is 0 Å². The lowest BCUT2D eigenvalue weighted by molar-refractivity contribution is 0.575. The topological polar surface area (TPSA) is 101 Å². The van der Waals surface area contributed by atoms with Crippen LogP contribution < -0.4 is 5.49 Å². The van der Waals surface area contributed by atoms with Crippen LogP contribution in [0.4, 0.5) is 4.39 Å². The first-order chi connectivity index (χ1) is 13.6. The number of nitrogens with zero attached hydrogens (tertiary/aromatic N) is 6. The van der Waals surface area contributed by atoms with Gasteiger partial charge in [-0.3, -0.25) is 5.41 Å². The number of fused-ring (bicyclic) bond motifs is 2. The van der Waals surface area contributed by atoms with Gasteiger partial charge in [0.25, 0.3) is 0 Å². The minimum Gasteiger partial charge on any atom is -0.340 e. The average molecular weight is 374 g/mol. The number of rotatable bonds is 3. The van der Waals surface area contributed by atoms with E-state index >= 15 is 0 Å². The number of imidazole rings is 1. The van der Waals surface area contributed by atoms with Crippen molar-refractivity contribution < 1.29 is 4.39 Å². The van der Waals surface area contributed by atoms with E-state index in [4.69, 9.17) is 10.5 Å². The summed E-state index contributed by atoms with van der Waals surface area (Å²) in [4.78, 5) is 15.7. The molecule has 0 radical (unpaired) electrons. The Labute approximate surface area is 157 Å². The summed E-state index contributed by atoms with van der Waals surface area (Å²) in [6.07, 6.45) is 4.75. The first-order valence-corrected chi connectivity index (χ1v) is 8.68. The van der Waals surface area contributed by atoms with Crippen LogP contribution in [0.2, 0.25) is 0 Å². The van der Waals surface area contributed by atoms with Crippen molar-refractivity contribution in [1.82, 2.24) is 34.3 Å². The van der Waals surface area contributed by atoms with Gasteiger partial charge in [-0.15, -0.1) is 0 Å². The highest BCUT2D eigenvalue weighted by atomic mass is 19.1. The Morgan fingerprint density at radius 2 is 2.04 bits per heavy atom.